The van der Waals surface area contributed by atoms with E-state index >= 15 is 0 Å². The molecule has 0 aliphatic carbocycles. The summed E-state index contributed by atoms with van der Waals surface area (Å²) >= 11 is 0. The van der Waals surface area contributed by atoms with Gasteiger partial charge in [0.25, 0.3) is 0 Å². The quantitative estimate of drug-likeness (QED) is 0.227. The molecule has 0 spiro atoms. The third kappa shape index (κ3) is 9.18. The van der Waals surface area contributed by atoms with Crippen molar-refractivity contribution in [3.8, 4) is 5.75 Å². The van der Waals surface area contributed by atoms with E-state index in [9.17, 15) is 10.2 Å². The number of aliphatic hydroxyl groups is 2. The van der Waals surface area contributed by atoms with Crippen LogP contribution in [0.15, 0.2) is 48.6 Å². The number of methoxy groups -OCH3 is 1. The lowest BCUT2D eigenvalue weighted by Gasteiger charge is -2.43. The van der Waals surface area contributed by atoms with Crippen LogP contribution in [-0.4, -0.2) is 50.6 Å². The Morgan fingerprint density at radius 1 is 1.11 bits per heavy atom. The molecule has 0 aromatic heterocycles. The number of aliphatic hydroxyl groups excluding tert-OH is 2. The van der Waals surface area contributed by atoms with E-state index in [2.05, 4.69) is 60.4 Å². The van der Waals surface area contributed by atoms with Gasteiger partial charge in [-0.25, -0.2) is 0 Å². The molecule has 0 heterocycles. The predicted octanol–water partition coefficient (Wildman–Crippen LogP) is 6.36. The highest BCUT2D eigenvalue weighted by Crippen LogP contribution is 2.40. The molecule has 0 amide bonds. The topological polar surface area (TPSA) is 68.2 Å². The van der Waals surface area contributed by atoms with Gasteiger partial charge in [0, 0.05) is 24.4 Å². The lowest BCUT2D eigenvalue weighted by molar-refractivity contribution is -0.00433. The number of hydrogen-bond donors (Lipinski definition) is 2. The van der Waals surface area contributed by atoms with Crippen molar-refractivity contribution in [3.63, 3.8) is 0 Å². The second-order valence-corrected chi connectivity index (χ2v) is 16.2. The first-order valence-electron chi connectivity index (χ1n) is 12.7. The predicted molar refractivity (Wildman–Crippen MR) is 148 cm³/mol. The van der Waals surface area contributed by atoms with Gasteiger partial charge in [0.1, 0.15) is 5.75 Å². The molecule has 1 rings (SSSR count). The molecule has 0 saturated heterocycles. The monoisotopic (exact) mass is 506 g/mol. The van der Waals surface area contributed by atoms with Crippen molar-refractivity contribution < 1.29 is 24.1 Å². The second kappa shape index (κ2) is 13.8. The Balaban J connectivity index is 3.12. The maximum atomic E-state index is 10.9. The van der Waals surface area contributed by atoms with E-state index in [-0.39, 0.29) is 41.6 Å². The average molecular weight is 507 g/mol. The largest absolute Gasteiger partial charge is 0.497 e. The van der Waals surface area contributed by atoms with Gasteiger partial charge < -0.3 is 24.1 Å². The fourth-order valence-electron chi connectivity index (χ4n) is 3.87. The van der Waals surface area contributed by atoms with Crippen LogP contribution in [0.2, 0.25) is 18.1 Å². The molecular formula is C29H50O5Si. The fraction of sp³-hybridized carbons (Fsp3) is 0.655. The summed E-state index contributed by atoms with van der Waals surface area (Å²) < 4.78 is 18.3. The Labute approximate surface area is 215 Å². The molecule has 0 fully saturated rings. The third-order valence-corrected chi connectivity index (χ3v) is 11.9. The molecule has 6 atom stereocenters. The highest BCUT2D eigenvalue weighted by molar-refractivity contribution is 6.74. The van der Waals surface area contributed by atoms with Crippen molar-refractivity contribution in [1.82, 2.24) is 0 Å². The first-order chi connectivity index (χ1) is 16.2. The second-order valence-electron chi connectivity index (χ2n) is 11.4. The van der Waals surface area contributed by atoms with Crippen LogP contribution in [0.4, 0.5) is 0 Å². The van der Waals surface area contributed by atoms with E-state index in [4.69, 9.17) is 13.9 Å². The Bertz CT molecular complexity index is 796. The van der Waals surface area contributed by atoms with Gasteiger partial charge in [0.05, 0.1) is 32.0 Å². The van der Waals surface area contributed by atoms with Crippen LogP contribution in [0.1, 0.15) is 54.0 Å². The van der Waals surface area contributed by atoms with E-state index in [0.717, 1.165) is 16.9 Å². The first-order valence-corrected chi connectivity index (χ1v) is 15.6. The maximum Gasteiger partial charge on any atom is 0.192 e. The standard InChI is InChI=1S/C29H50O5Si/c1-12-26(33-19-24-13-15-25(32-9)16-14-24)20(2)17-21(3)28(23(5)27(31)22(4)18-30)34-35(10,11)29(6,7)8/h12-17,20,22-23,26-28,30-31H,1,18-19H2,2-11H3/b21-17+/t20-,22-,23-,26-,27+,28-/m0/s1. The SMILES string of the molecule is C=C[C@H](OCc1ccc(OC)cc1)[C@@H](C)/C=C(\C)[C@H](O[Si](C)(C)C(C)(C)C)[C@@H](C)[C@H](O)[C@@H](C)CO. The van der Waals surface area contributed by atoms with Gasteiger partial charge in [0.15, 0.2) is 8.32 Å². The van der Waals surface area contributed by atoms with E-state index in [1.165, 1.54) is 0 Å². The van der Waals surface area contributed by atoms with E-state index < -0.39 is 14.4 Å². The molecule has 1 aromatic carbocycles. The lowest BCUT2D eigenvalue weighted by atomic mass is 9.85. The summed E-state index contributed by atoms with van der Waals surface area (Å²) in [4.78, 5) is 0. The minimum absolute atomic E-state index is 0.0372. The minimum atomic E-state index is -2.11. The molecule has 5 nitrogen and oxygen atoms in total. The van der Waals surface area contributed by atoms with Crippen molar-refractivity contribution in [2.45, 2.75) is 91.5 Å². The smallest absolute Gasteiger partial charge is 0.192 e. The minimum Gasteiger partial charge on any atom is -0.497 e. The van der Waals surface area contributed by atoms with E-state index in [1.807, 2.05) is 44.2 Å². The van der Waals surface area contributed by atoms with Gasteiger partial charge in [-0.05, 0) is 48.3 Å². The third-order valence-electron chi connectivity index (χ3n) is 7.44. The van der Waals surface area contributed by atoms with Gasteiger partial charge in [-0.2, -0.15) is 0 Å². The Hall–Kier alpha value is -1.44. The molecule has 35 heavy (non-hydrogen) atoms. The summed E-state index contributed by atoms with van der Waals surface area (Å²) in [5.41, 5.74) is 2.14. The highest BCUT2D eigenvalue weighted by Gasteiger charge is 2.42. The molecule has 6 heteroatoms. The Morgan fingerprint density at radius 3 is 2.14 bits per heavy atom. The normalized spacial score (nSPS) is 18.3. The molecule has 1 aromatic rings. The number of ether oxygens (including phenoxy) is 2. The van der Waals surface area contributed by atoms with Crippen LogP contribution in [0, 0.1) is 17.8 Å². The first kappa shape index (κ1) is 31.6. The van der Waals surface area contributed by atoms with Gasteiger partial charge in [0.2, 0.25) is 0 Å². The van der Waals surface area contributed by atoms with Crippen molar-refractivity contribution in [3.05, 3.63) is 54.1 Å². The molecule has 2 N–H and O–H groups in total. The molecule has 0 bridgehead atoms. The highest BCUT2D eigenvalue weighted by atomic mass is 28.4. The number of hydrogen-bond acceptors (Lipinski definition) is 5. The maximum absolute atomic E-state index is 10.9. The lowest BCUT2D eigenvalue weighted by Crippen LogP contribution is -2.48. The molecule has 0 aliphatic heterocycles. The molecule has 0 aliphatic rings. The van der Waals surface area contributed by atoms with Crippen LogP contribution < -0.4 is 4.74 Å². The zero-order valence-electron chi connectivity index (χ0n) is 23.7. The summed E-state index contributed by atoms with van der Waals surface area (Å²) in [5, 5.41) is 20.6. The number of rotatable bonds is 14. The molecule has 0 radical (unpaired) electrons. The van der Waals surface area contributed by atoms with Gasteiger partial charge >= 0.3 is 0 Å². The van der Waals surface area contributed by atoms with Crippen molar-refractivity contribution >= 4 is 8.32 Å². The van der Waals surface area contributed by atoms with Gasteiger partial charge in [-0.3, -0.25) is 0 Å². The van der Waals surface area contributed by atoms with Crippen LogP contribution >= 0.6 is 0 Å². The zero-order valence-corrected chi connectivity index (χ0v) is 24.7. The summed E-state index contributed by atoms with van der Waals surface area (Å²) in [7, 11) is -0.459. The average Bonchev–Trinajstić information content (AvgIpc) is 2.80. The van der Waals surface area contributed by atoms with Gasteiger partial charge in [-0.1, -0.05) is 65.8 Å². The van der Waals surface area contributed by atoms with Crippen LogP contribution in [0.3, 0.4) is 0 Å². The van der Waals surface area contributed by atoms with Crippen molar-refractivity contribution in [2.24, 2.45) is 17.8 Å². The summed E-state index contributed by atoms with van der Waals surface area (Å²) in [6.07, 6.45) is 2.93. The fourth-order valence-corrected chi connectivity index (χ4v) is 5.26. The van der Waals surface area contributed by atoms with Crippen LogP contribution in [0.25, 0.3) is 0 Å². The van der Waals surface area contributed by atoms with E-state index in [1.54, 1.807) is 7.11 Å². The molecule has 0 saturated carbocycles. The molecule has 200 valence electrons. The summed E-state index contributed by atoms with van der Waals surface area (Å²) in [6.45, 7) is 23.6. The van der Waals surface area contributed by atoms with Gasteiger partial charge in [-0.15, -0.1) is 6.58 Å². The molecule has 0 unspecified atom stereocenters. The van der Waals surface area contributed by atoms with Crippen molar-refractivity contribution in [1.29, 1.82) is 0 Å². The molecular weight excluding hydrogens is 456 g/mol. The Morgan fingerprint density at radius 2 is 1.69 bits per heavy atom. The summed E-state index contributed by atoms with van der Waals surface area (Å²) in [6, 6.07) is 7.86. The number of benzene rings is 1. The zero-order chi connectivity index (χ0) is 27.0. The van der Waals surface area contributed by atoms with Crippen LogP contribution in [-0.2, 0) is 15.8 Å². The van der Waals surface area contributed by atoms with Crippen LogP contribution in [0.5, 0.6) is 5.75 Å². The van der Waals surface area contributed by atoms with E-state index in [0.29, 0.717) is 6.61 Å². The summed E-state index contributed by atoms with van der Waals surface area (Å²) in [5.74, 6) is 0.489. The van der Waals surface area contributed by atoms with Crippen molar-refractivity contribution in [2.75, 3.05) is 13.7 Å². The Kier molecular flexibility index (Phi) is 12.4.